The van der Waals surface area contributed by atoms with Crippen LogP contribution in [0.1, 0.15) is 0 Å². The number of carboxylic acids is 1. The van der Waals surface area contributed by atoms with E-state index in [1.807, 2.05) is 24.3 Å². The van der Waals surface area contributed by atoms with Gasteiger partial charge < -0.3 is 14.7 Å². The Morgan fingerprint density at radius 1 is 1.50 bits per heavy atom. The smallest absolute Gasteiger partial charge is 0.323 e. The Kier molecular flexibility index (Phi) is 3.76. The van der Waals surface area contributed by atoms with Crippen molar-refractivity contribution in [1.29, 1.82) is 0 Å². The number of hydrogen-bond acceptors (Lipinski definition) is 4. The Morgan fingerprint density at radius 3 is 2.67 bits per heavy atom. The van der Waals surface area contributed by atoms with Crippen LogP contribution in [0.2, 0.25) is 0 Å². The Balaban J connectivity index is 1.88. The van der Waals surface area contributed by atoms with Crippen molar-refractivity contribution in [2.75, 3.05) is 20.2 Å². The van der Waals surface area contributed by atoms with Gasteiger partial charge in [-0.3, -0.25) is 9.59 Å². The molecule has 1 fully saturated rings. The van der Waals surface area contributed by atoms with E-state index in [4.69, 9.17) is 9.84 Å². The average molecular weight is 267 g/mol. The molecule has 1 aromatic rings. The van der Waals surface area contributed by atoms with E-state index in [1.165, 1.54) is 16.7 Å². The predicted molar refractivity (Wildman–Crippen MR) is 66.9 cm³/mol. The molecule has 0 aromatic heterocycles. The molecule has 0 saturated carbocycles. The molecule has 1 heterocycles. The summed E-state index contributed by atoms with van der Waals surface area (Å²) in [4.78, 5) is 24.4. The third kappa shape index (κ3) is 2.76. The Bertz CT molecular complexity index is 460. The molecule has 0 aliphatic carbocycles. The van der Waals surface area contributed by atoms with Gasteiger partial charge in [0.15, 0.2) is 0 Å². The van der Waals surface area contributed by atoms with Crippen LogP contribution in [0, 0.1) is 0 Å². The minimum Gasteiger partial charge on any atom is -0.497 e. The van der Waals surface area contributed by atoms with Crippen LogP contribution in [0.5, 0.6) is 5.75 Å². The highest BCUT2D eigenvalue weighted by Gasteiger charge is 2.38. The van der Waals surface area contributed by atoms with Crippen LogP contribution in [0.25, 0.3) is 0 Å². The van der Waals surface area contributed by atoms with Crippen LogP contribution in [0.15, 0.2) is 29.2 Å². The average Bonchev–Trinajstić information content (AvgIpc) is 2.37. The molecular weight excluding hydrogens is 254 g/mol. The van der Waals surface area contributed by atoms with Gasteiger partial charge in [0.2, 0.25) is 5.91 Å². The van der Waals surface area contributed by atoms with Gasteiger partial charge in [-0.15, -0.1) is 11.8 Å². The molecule has 0 radical (unpaired) electrons. The highest BCUT2D eigenvalue weighted by molar-refractivity contribution is 8.00. The lowest BCUT2D eigenvalue weighted by Gasteiger charge is -2.36. The highest BCUT2D eigenvalue weighted by Crippen LogP contribution is 2.31. The van der Waals surface area contributed by atoms with Gasteiger partial charge in [0.25, 0.3) is 0 Å². The summed E-state index contributed by atoms with van der Waals surface area (Å²) >= 11 is 1.45. The fraction of sp³-hybridized carbons (Fsp3) is 0.333. The van der Waals surface area contributed by atoms with Crippen molar-refractivity contribution in [3.05, 3.63) is 24.3 Å². The number of β-lactam (4-membered cyclic amide) rings is 1. The molecule has 2 rings (SSSR count). The number of carbonyl (C=O) groups is 2. The molecule has 96 valence electrons. The van der Waals surface area contributed by atoms with Gasteiger partial charge >= 0.3 is 5.97 Å². The molecule has 1 saturated heterocycles. The van der Waals surface area contributed by atoms with Crippen molar-refractivity contribution in [2.24, 2.45) is 0 Å². The molecule has 1 aromatic carbocycles. The highest BCUT2D eigenvalue weighted by atomic mass is 32.2. The number of likely N-dealkylation sites (tertiary alicyclic amines) is 1. The Labute approximate surface area is 109 Å². The van der Waals surface area contributed by atoms with Crippen LogP contribution in [0.4, 0.5) is 0 Å². The number of thioether (sulfide) groups is 1. The summed E-state index contributed by atoms with van der Waals surface area (Å²) in [6, 6.07) is 7.44. The third-order valence-electron chi connectivity index (χ3n) is 2.64. The number of ether oxygens (including phenoxy) is 1. The fourth-order valence-corrected chi connectivity index (χ4v) is 2.80. The minimum atomic E-state index is -0.976. The zero-order valence-electron chi connectivity index (χ0n) is 9.83. The standard InChI is InChI=1S/C12H13NO4S/c1-17-8-2-4-9(5-3-8)18-10-6-13(12(10)16)7-11(14)15/h2-5,10H,6-7H2,1H3,(H,14,15). The molecule has 1 N–H and O–H groups in total. The normalized spacial score (nSPS) is 18.4. The van der Waals surface area contributed by atoms with Crippen molar-refractivity contribution in [3.8, 4) is 5.75 Å². The van der Waals surface area contributed by atoms with Crippen molar-refractivity contribution >= 4 is 23.6 Å². The first kappa shape index (κ1) is 12.8. The van der Waals surface area contributed by atoms with Crippen molar-refractivity contribution in [3.63, 3.8) is 0 Å². The van der Waals surface area contributed by atoms with Crippen molar-refractivity contribution < 1.29 is 19.4 Å². The fourth-order valence-electron chi connectivity index (χ4n) is 1.67. The van der Waals surface area contributed by atoms with E-state index >= 15 is 0 Å². The van der Waals surface area contributed by atoms with Crippen LogP contribution in [0.3, 0.4) is 0 Å². The van der Waals surface area contributed by atoms with Crippen molar-refractivity contribution in [1.82, 2.24) is 4.90 Å². The SMILES string of the molecule is COc1ccc(SC2CN(CC(=O)O)C2=O)cc1. The second-order valence-electron chi connectivity index (χ2n) is 3.89. The van der Waals surface area contributed by atoms with E-state index < -0.39 is 5.97 Å². The minimum absolute atomic E-state index is 0.113. The lowest BCUT2D eigenvalue weighted by molar-refractivity contribution is -0.149. The first-order valence-electron chi connectivity index (χ1n) is 5.41. The molecule has 0 spiro atoms. The molecule has 1 aliphatic heterocycles. The molecule has 0 bridgehead atoms. The summed E-state index contributed by atoms with van der Waals surface area (Å²) in [5.41, 5.74) is 0. The summed E-state index contributed by atoms with van der Waals surface area (Å²) < 4.78 is 5.05. The number of benzene rings is 1. The maximum absolute atomic E-state index is 11.6. The quantitative estimate of drug-likeness (QED) is 0.809. The number of amides is 1. The Morgan fingerprint density at radius 2 is 2.17 bits per heavy atom. The van der Waals surface area contributed by atoms with Gasteiger partial charge in [-0.25, -0.2) is 0 Å². The zero-order chi connectivity index (χ0) is 13.1. The number of aliphatic carboxylic acids is 1. The van der Waals surface area contributed by atoms with E-state index in [0.717, 1.165) is 10.6 Å². The maximum Gasteiger partial charge on any atom is 0.323 e. The monoisotopic (exact) mass is 267 g/mol. The molecular formula is C12H13NO4S. The van der Waals surface area contributed by atoms with Crippen LogP contribution in [-0.4, -0.2) is 47.3 Å². The lowest BCUT2D eigenvalue weighted by Crippen LogP contribution is -2.56. The zero-order valence-corrected chi connectivity index (χ0v) is 10.6. The molecule has 1 unspecified atom stereocenters. The van der Waals surface area contributed by atoms with Crippen LogP contribution >= 0.6 is 11.8 Å². The lowest BCUT2D eigenvalue weighted by atomic mass is 10.2. The molecule has 18 heavy (non-hydrogen) atoms. The molecule has 1 amide bonds. The molecule has 5 nitrogen and oxygen atoms in total. The molecule has 1 atom stereocenters. The summed E-state index contributed by atoms with van der Waals surface area (Å²) in [5.74, 6) is -0.318. The summed E-state index contributed by atoms with van der Waals surface area (Å²) in [6.07, 6.45) is 0. The third-order valence-corrected chi connectivity index (χ3v) is 3.82. The predicted octanol–water partition coefficient (Wildman–Crippen LogP) is 1.08. The number of hydrogen-bond donors (Lipinski definition) is 1. The van der Waals surface area contributed by atoms with Crippen molar-refractivity contribution in [2.45, 2.75) is 10.1 Å². The second-order valence-corrected chi connectivity index (χ2v) is 5.17. The van der Waals surface area contributed by atoms with Gasteiger partial charge in [0.1, 0.15) is 17.5 Å². The summed E-state index contributed by atoms with van der Waals surface area (Å²) in [7, 11) is 1.60. The number of methoxy groups -OCH3 is 1. The molecule has 6 heteroatoms. The Hall–Kier alpha value is -1.69. The summed E-state index contributed by atoms with van der Waals surface area (Å²) in [6.45, 7) is 0.278. The van der Waals surface area contributed by atoms with E-state index in [1.54, 1.807) is 7.11 Å². The largest absolute Gasteiger partial charge is 0.497 e. The molecule has 1 aliphatic rings. The number of nitrogens with zero attached hydrogens (tertiary/aromatic N) is 1. The first-order valence-corrected chi connectivity index (χ1v) is 6.29. The van der Waals surface area contributed by atoms with Gasteiger partial charge in [-0.2, -0.15) is 0 Å². The van der Waals surface area contributed by atoms with E-state index in [2.05, 4.69) is 0 Å². The number of rotatable bonds is 5. The maximum atomic E-state index is 11.6. The van der Waals surface area contributed by atoms with Gasteiger partial charge in [0.05, 0.1) is 7.11 Å². The van der Waals surface area contributed by atoms with Crippen LogP contribution < -0.4 is 4.74 Å². The number of carbonyl (C=O) groups excluding carboxylic acids is 1. The second kappa shape index (κ2) is 5.30. The van der Waals surface area contributed by atoms with Gasteiger partial charge in [0, 0.05) is 11.4 Å². The van der Waals surface area contributed by atoms with Gasteiger partial charge in [-0.1, -0.05) is 0 Å². The van der Waals surface area contributed by atoms with E-state index in [0.29, 0.717) is 6.54 Å². The van der Waals surface area contributed by atoms with Crippen LogP contribution in [-0.2, 0) is 9.59 Å². The van der Waals surface area contributed by atoms with E-state index in [9.17, 15) is 9.59 Å². The number of carboxylic acid groups (broad SMARTS) is 1. The first-order chi connectivity index (χ1) is 8.60. The van der Waals surface area contributed by atoms with Gasteiger partial charge in [-0.05, 0) is 24.3 Å². The summed E-state index contributed by atoms with van der Waals surface area (Å²) in [5, 5.41) is 8.42. The topological polar surface area (TPSA) is 66.8 Å². The van der Waals surface area contributed by atoms with E-state index in [-0.39, 0.29) is 17.7 Å².